The molecule has 0 amide bonds. The van der Waals surface area contributed by atoms with Gasteiger partial charge in [0.2, 0.25) is 0 Å². The number of hydrogen-bond acceptors (Lipinski definition) is 28. The summed E-state index contributed by atoms with van der Waals surface area (Å²) in [6.07, 6.45) is -8.10. The highest BCUT2D eigenvalue weighted by Crippen LogP contribution is 2.44. The van der Waals surface area contributed by atoms with Crippen molar-refractivity contribution in [3.05, 3.63) is 59.7 Å². The van der Waals surface area contributed by atoms with Crippen molar-refractivity contribution in [2.45, 2.75) is 199 Å². The van der Waals surface area contributed by atoms with E-state index in [-0.39, 0.29) is 64.0 Å². The number of methoxy groups -OCH3 is 2. The lowest BCUT2D eigenvalue weighted by atomic mass is 9.87. The standard InChI is InChI=1S/C19H28N2O4S.C18H24N2O4S.2C10H18N2O4S.C4H12Si/c1-11-16(12(2)22)25-18-15(20-19(26-18)21(3)4)17(11)24-10-13-6-8-14(23-5)9-7-13;1-11-14(9-21)24-17-15(19-18(25-17)20(2)3)16(11)23-10-12-5-7-13(22-4)8-6-12;2*1-4(13)8-7(15)6(14)5-9(16-8)17-10(11-5)12(2)3;1-5(2,3)4/h6-9,11-12,15-18,22H,10H2,1-5H3;5-9,11,14-17H,10H2,1-4H3;2*4-9,13-15H,1-3H3;1-4H3/t11-,12?,15-,16+,17+,18-;11-,14-,15-,16+,17-;4-,5+,6+,7-,8+,9+;4-,5-,6-,7+,8-,9-;/m1101./s1. The molecule has 23 atom stereocenters. The van der Waals surface area contributed by atoms with Crippen molar-refractivity contribution < 1.29 is 78.4 Å². The van der Waals surface area contributed by atoms with Gasteiger partial charge in [0.05, 0.1) is 64.1 Å². The van der Waals surface area contributed by atoms with Gasteiger partial charge in [0.25, 0.3) is 0 Å². The SMILES string of the molecule is COc1ccc(CO[C@H]2[C@H](C)[C@@H](C(C)O)O[C@@H]3SC(N(C)C)=N[C@H]23)cc1.COc1ccc(CO[C@H]2[C@H](C)[C@@H](C=O)O[C@@H]3SC(N(C)C)=N[C@H]23)cc1.C[C@@H](O)[C@H]1O[C@@H]2SC(N(C)C)=N[C@@H]2[C@@H](O)[C@@H]1O.C[C@H](O)[C@H]1O[C@@H]2SC(N(C)C)=N[C@@H]2[C@@H](O)[C@@H]1O.C[Si](C)(C)C. The lowest BCUT2D eigenvalue weighted by molar-refractivity contribution is -0.181. The molecule has 7 N–H and O–H groups in total. The van der Waals surface area contributed by atoms with Crippen molar-refractivity contribution in [1.29, 1.82) is 0 Å². The van der Waals surface area contributed by atoms with Gasteiger partial charge in [-0.25, -0.2) is 0 Å². The molecule has 4 fully saturated rings. The van der Waals surface area contributed by atoms with Gasteiger partial charge in [-0.05, 0) is 56.2 Å². The maximum absolute atomic E-state index is 11.4. The molecule has 8 heterocycles. The molecule has 508 valence electrons. The van der Waals surface area contributed by atoms with E-state index in [1.165, 1.54) is 37.4 Å². The maximum Gasteiger partial charge on any atom is 0.161 e. The van der Waals surface area contributed by atoms with E-state index < -0.39 is 81.2 Å². The Morgan fingerprint density at radius 3 is 1.08 bits per heavy atom. The van der Waals surface area contributed by atoms with Crippen LogP contribution >= 0.6 is 47.0 Å². The predicted molar refractivity (Wildman–Crippen MR) is 360 cm³/mol. The zero-order valence-electron chi connectivity index (χ0n) is 55.4. The summed E-state index contributed by atoms with van der Waals surface area (Å²) in [7, 11) is 18.0. The first-order valence-corrected chi connectivity index (χ1v) is 37.8. The van der Waals surface area contributed by atoms with E-state index in [9.17, 15) is 40.5 Å². The zero-order chi connectivity index (χ0) is 66.8. The van der Waals surface area contributed by atoms with Crippen LogP contribution < -0.4 is 9.47 Å². The number of thioether (sulfide) groups is 4. The molecule has 0 aromatic heterocycles. The fraction of sp³-hybridized carbons (Fsp3) is 0.721. The molecule has 0 spiro atoms. The van der Waals surface area contributed by atoms with Crippen molar-refractivity contribution in [3.8, 4) is 11.5 Å². The number of fused-ring (bicyclic) bond motifs is 4. The molecule has 0 bridgehead atoms. The fourth-order valence-corrected chi connectivity index (χ4v) is 15.0. The van der Waals surface area contributed by atoms with Gasteiger partial charge < -0.3 is 98.0 Å². The maximum atomic E-state index is 11.4. The van der Waals surface area contributed by atoms with Crippen molar-refractivity contribution in [2.75, 3.05) is 70.6 Å². The summed E-state index contributed by atoms with van der Waals surface area (Å²) in [5, 5.41) is 72.2. The Morgan fingerprint density at radius 1 is 0.489 bits per heavy atom. The first-order chi connectivity index (χ1) is 42.3. The Labute approximate surface area is 549 Å². The van der Waals surface area contributed by atoms with Gasteiger partial charge >= 0.3 is 0 Å². The number of nitrogens with zero attached hydrogens (tertiary/aromatic N) is 8. The summed E-state index contributed by atoms with van der Waals surface area (Å²) >= 11 is 5.96. The summed E-state index contributed by atoms with van der Waals surface area (Å²) in [6.45, 7) is 19.2. The number of aliphatic imine (C=N–C) groups is 4. The number of aldehydes is 1. The molecule has 29 heteroatoms. The molecule has 24 nitrogen and oxygen atoms in total. The van der Waals surface area contributed by atoms with E-state index in [1.807, 2.05) is 131 Å². The van der Waals surface area contributed by atoms with E-state index in [0.29, 0.717) is 13.2 Å². The first-order valence-electron chi connectivity index (χ1n) is 30.3. The number of amidine groups is 4. The molecular weight excluding hydrogens is 1260 g/mol. The summed E-state index contributed by atoms with van der Waals surface area (Å²) in [4.78, 5) is 37.3. The summed E-state index contributed by atoms with van der Waals surface area (Å²) < 4.78 is 46.2. The Bertz CT molecular complexity index is 2630. The van der Waals surface area contributed by atoms with Gasteiger partial charge in [-0.15, -0.1) is 0 Å². The highest BCUT2D eigenvalue weighted by atomic mass is 32.2. The van der Waals surface area contributed by atoms with Gasteiger partial charge in [0.1, 0.15) is 106 Å². The van der Waals surface area contributed by atoms with Crippen molar-refractivity contribution in [1.82, 2.24) is 19.6 Å². The Hall–Kier alpha value is -3.31. The highest BCUT2D eigenvalue weighted by Gasteiger charge is 2.53. The number of hydrogen-bond donors (Lipinski definition) is 7. The van der Waals surface area contributed by atoms with Crippen LogP contribution in [0.1, 0.15) is 45.7 Å². The smallest absolute Gasteiger partial charge is 0.161 e. The number of aliphatic hydroxyl groups excluding tert-OH is 7. The minimum atomic E-state index is -1.11. The molecule has 0 radical (unpaired) electrons. The molecule has 0 saturated carbocycles. The molecule has 0 aliphatic carbocycles. The number of carbonyl (C=O) groups is 1. The number of benzene rings is 2. The van der Waals surface area contributed by atoms with Crippen LogP contribution in [0.15, 0.2) is 68.5 Å². The Morgan fingerprint density at radius 2 is 0.778 bits per heavy atom. The van der Waals surface area contributed by atoms with E-state index in [0.717, 1.165) is 49.6 Å². The highest BCUT2D eigenvalue weighted by molar-refractivity contribution is 8.15. The van der Waals surface area contributed by atoms with Crippen LogP contribution in [-0.4, -0.2) is 286 Å². The zero-order valence-corrected chi connectivity index (χ0v) is 59.7. The lowest BCUT2D eigenvalue weighted by Gasteiger charge is -2.42. The molecule has 1 unspecified atom stereocenters. The van der Waals surface area contributed by atoms with Crippen LogP contribution in [0.25, 0.3) is 0 Å². The molecule has 10 rings (SSSR count). The van der Waals surface area contributed by atoms with Gasteiger partial charge in [-0.2, -0.15) is 0 Å². The fourth-order valence-electron chi connectivity index (χ4n) is 10.5. The minimum absolute atomic E-state index is 0.0420. The largest absolute Gasteiger partial charge is 0.497 e. The van der Waals surface area contributed by atoms with E-state index in [4.69, 9.17) is 47.9 Å². The second kappa shape index (κ2) is 33.9. The number of carbonyl (C=O) groups excluding carboxylic acids is 1. The quantitative estimate of drug-likeness (QED) is 0.116. The third-order valence-corrected chi connectivity index (χ3v) is 20.5. The topological polar surface area (TPSA) is 295 Å². The Balaban J connectivity index is 0.000000189. The number of aliphatic hydroxyl groups is 7. The van der Waals surface area contributed by atoms with Crippen LogP contribution in [0.3, 0.4) is 0 Å². The van der Waals surface area contributed by atoms with Gasteiger partial charge in [0, 0.05) is 76.3 Å². The van der Waals surface area contributed by atoms with E-state index in [2.05, 4.69) is 43.1 Å². The third-order valence-electron chi connectivity index (χ3n) is 15.3. The van der Waals surface area contributed by atoms with Crippen molar-refractivity contribution in [2.24, 2.45) is 31.8 Å². The average Bonchev–Trinajstić information content (AvgIpc) is 3.21. The van der Waals surface area contributed by atoms with Gasteiger partial charge in [-0.1, -0.05) is 111 Å². The molecule has 90 heavy (non-hydrogen) atoms. The second-order valence-electron chi connectivity index (χ2n) is 25.8. The molecule has 2 aromatic carbocycles. The Kier molecular flexibility index (Phi) is 28.5. The molecule has 8 aliphatic heterocycles. The van der Waals surface area contributed by atoms with Crippen molar-refractivity contribution >= 4 is 82.1 Å². The van der Waals surface area contributed by atoms with Gasteiger partial charge in [-0.3, -0.25) is 20.0 Å². The van der Waals surface area contributed by atoms with E-state index in [1.54, 1.807) is 44.7 Å². The summed E-state index contributed by atoms with van der Waals surface area (Å²) in [5.74, 6) is 1.63. The first kappa shape index (κ1) is 75.7. The van der Waals surface area contributed by atoms with Crippen LogP contribution in [0.2, 0.25) is 26.2 Å². The molecule has 8 aliphatic rings. The number of ether oxygens (including phenoxy) is 8. The molecule has 2 aromatic rings. The van der Waals surface area contributed by atoms with Crippen LogP contribution in [0, 0.1) is 11.8 Å². The van der Waals surface area contributed by atoms with E-state index >= 15 is 0 Å². The van der Waals surface area contributed by atoms with Crippen LogP contribution in [0.5, 0.6) is 11.5 Å². The minimum Gasteiger partial charge on any atom is -0.497 e. The van der Waals surface area contributed by atoms with Crippen LogP contribution in [-0.2, 0) is 46.4 Å². The summed E-state index contributed by atoms with van der Waals surface area (Å²) in [6, 6.07) is 14.5. The molecule has 4 saturated heterocycles. The second-order valence-corrected chi connectivity index (χ2v) is 36.1. The third kappa shape index (κ3) is 19.9. The monoisotopic (exact) mass is 1360 g/mol. The molecular formula is C61H100N8O16S4Si. The van der Waals surface area contributed by atoms with Gasteiger partial charge in [0.15, 0.2) is 20.7 Å². The lowest BCUT2D eigenvalue weighted by Crippen LogP contribution is -2.57. The number of rotatable bonds is 12. The normalized spacial score (nSPS) is 34.8. The predicted octanol–water partition coefficient (Wildman–Crippen LogP) is 4.18. The van der Waals surface area contributed by atoms with Crippen LogP contribution in [0.4, 0.5) is 0 Å². The van der Waals surface area contributed by atoms with Crippen molar-refractivity contribution in [3.63, 3.8) is 0 Å². The summed E-state index contributed by atoms with van der Waals surface area (Å²) in [5.41, 5.74) is 1.16. The average molecular weight is 1360 g/mol.